The van der Waals surface area contributed by atoms with Gasteiger partial charge in [0.1, 0.15) is 11.6 Å². The second-order valence-electron chi connectivity index (χ2n) is 8.41. The van der Waals surface area contributed by atoms with Gasteiger partial charge in [0.2, 0.25) is 15.9 Å². The first-order valence-electron chi connectivity index (χ1n) is 9.87. The molecular formula is C22H28N4O4S. The van der Waals surface area contributed by atoms with Crippen LogP contribution in [0.5, 0.6) is 0 Å². The summed E-state index contributed by atoms with van der Waals surface area (Å²) in [6.45, 7) is 8.75. The molecule has 8 nitrogen and oxygen atoms in total. The fourth-order valence-electron chi connectivity index (χ4n) is 3.31. The van der Waals surface area contributed by atoms with E-state index in [0.29, 0.717) is 23.2 Å². The second-order valence-corrected chi connectivity index (χ2v) is 10.1. The molecule has 0 unspecified atom stereocenters. The molecule has 0 radical (unpaired) electrons. The zero-order valence-electron chi connectivity index (χ0n) is 18.4. The van der Waals surface area contributed by atoms with Crippen molar-refractivity contribution in [2.24, 2.45) is 0 Å². The molecule has 2 aromatic rings. The molecule has 1 aromatic carbocycles. The first-order valence-corrected chi connectivity index (χ1v) is 11.3. The van der Waals surface area contributed by atoms with Gasteiger partial charge >= 0.3 is 0 Å². The Hall–Kier alpha value is -2.96. The lowest BCUT2D eigenvalue weighted by molar-refractivity contribution is -0.121. The Morgan fingerprint density at radius 1 is 1.19 bits per heavy atom. The average Bonchev–Trinajstić information content (AvgIpc) is 2.64. The molecule has 0 aliphatic rings. The summed E-state index contributed by atoms with van der Waals surface area (Å²) in [5, 5.41) is 11.9. The van der Waals surface area contributed by atoms with E-state index in [9.17, 15) is 18.0 Å². The van der Waals surface area contributed by atoms with E-state index in [4.69, 9.17) is 5.26 Å². The van der Waals surface area contributed by atoms with Gasteiger partial charge in [-0.1, -0.05) is 18.2 Å². The van der Waals surface area contributed by atoms with E-state index < -0.39 is 21.1 Å². The van der Waals surface area contributed by atoms with Crippen molar-refractivity contribution in [3.63, 3.8) is 0 Å². The highest BCUT2D eigenvalue weighted by atomic mass is 32.2. The van der Waals surface area contributed by atoms with Crippen molar-refractivity contribution in [1.82, 2.24) is 15.0 Å². The number of benzene rings is 1. The summed E-state index contributed by atoms with van der Waals surface area (Å²) in [5.74, 6) is -0.264. The maximum Gasteiger partial charge on any atom is 0.266 e. The molecule has 0 saturated carbocycles. The number of aryl methyl sites for hydroxylation is 1. The van der Waals surface area contributed by atoms with Gasteiger partial charge in [-0.15, -0.1) is 0 Å². The van der Waals surface area contributed by atoms with Crippen molar-refractivity contribution < 1.29 is 13.2 Å². The van der Waals surface area contributed by atoms with Crippen LogP contribution in [0.1, 0.15) is 55.1 Å². The normalized spacial score (nSPS) is 11.7. The van der Waals surface area contributed by atoms with Crippen molar-refractivity contribution in [1.29, 1.82) is 5.26 Å². The van der Waals surface area contributed by atoms with Crippen LogP contribution in [0.15, 0.2) is 34.0 Å². The topological polar surface area (TPSA) is 132 Å². The summed E-state index contributed by atoms with van der Waals surface area (Å²) >= 11 is 0. The largest absolute Gasteiger partial charge is 0.352 e. The lowest BCUT2D eigenvalue weighted by Gasteiger charge is -2.21. The van der Waals surface area contributed by atoms with E-state index in [-0.39, 0.29) is 29.3 Å². The molecule has 0 atom stereocenters. The third kappa shape index (κ3) is 6.26. The monoisotopic (exact) mass is 444 g/mol. The number of sulfonamides is 1. The number of aromatic nitrogens is 1. The maximum atomic E-state index is 12.7. The second kappa shape index (κ2) is 9.45. The third-order valence-corrected chi connectivity index (χ3v) is 6.56. The number of amides is 1. The zero-order chi connectivity index (χ0) is 23.4. The molecule has 0 aliphatic heterocycles. The number of pyridine rings is 1. The number of H-pyrrole nitrogens is 1. The van der Waals surface area contributed by atoms with E-state index in [0.717, 1.165) is 5.56 Å². The number of nitriles is 1. The van der Waals surface area contributed by atoms with Crippen LogP contribution in [0.25, 0.3) is 0 Å². The highest BCUT2D eigenvalue weighted by Gasteiger charge is 2.24. The summed E-state index contributed by atoms with van der Waals surface area (Å²) in [4.78, 5) is 27.0. The Kier molecular flexibility index (Phi) is 7.41. The van der Waals surface area contributed by atoms with Crippen molar-refractivity contribution >= 4 is 15.9 Å². The van der Waals surface area contributed by atoms with Gasteiger partial charge in [0.05, 0.1) is 4.90 Å². The number of rotatable bonds is 7. The molecule has 2 rings (SSSR count). The summed E-state index contributed by atoms with van der Waals surface area (Å²) in [6, 6.07) is 8.41. The molecule has 0 bridgehead atoms. The van der Waals surface area contributed by atoms with Gasteiger partial charge in [-0.05, 0) is 63.8 Å². The Labute approximate surface area is 182 Å². The summed E-state index contributed by atoms with van der Waals surface area (Å²) in [7, 11) is -3.74. The fraction of sp³-hybridized carbons (Fsp3) is 0.409. The van der Waals surface area contributed by atoms with Crippen LogP contribution in [-0.2, 0) is 27.8 Å². The maximum absolute atomic E-state index is 12.7. The summed E-state index contributed by atoms with van der Waals surface area (Å²) in [6.07, 6.45) is 0.480. The van der Waals surface area contributed by atoms with Crippen LogP contribution >= 0.6 is 0 Å². The standard InChI is InChI=1S/C22H28N4O4S/c1-14-17(15(2)25-21(28)18(14)12-23)10-11-20(27)24-13-16-8-6-7-9-19(16)31(29,30)26-22(3,4)5/h6-9,26H,10-11,13H2,1-5H3,(H,24,27)(H,25,28). The van der Waals surface area contributed by atoms with Crippen LogP contribution < -0.4 is 15.6 Å². The highest BCUT2D eigenvalue weighted by Crippen LogP contribution is 2.18. The molecule has 0 saturated heterocycles. The van der Waals surface area contributed by atoms with Crippen molar-refractivity contribution in [2.45, 2.75) is 64.4 Å². The molecule has 1 aromatic heterocycles. The Bertz CT molecular complexity index is 1190. The number of carbonyl (C=O) groups excluding carboxylic acids is 1. The Balaban J connectivity index is 2.11. The molecular weight excluding hydrogens is 416 g/mol. The Morgan fingerprint density at radius 3 is 2.45 bits per heavy atom. The van der Waals surface area contributed by atoms with Crippen LogP contribution in [0.3, 0.4) is 0 Å². The number of hydrogen-bond acceptors (Lipinski definition) is 5. The predicted octanol–water partition coefficient (Wildman–Crippen LogP) is 2.19. The number of hydrogen-bond donors (Lipinski definition) is 3. The number of nitrogens with one attached hydrogen (secondary N) is 3. The molecule has 3 N–H and O–H groups in total. The smallest absolute Gasteiger partial charge is 0.266 e. The summed E-state index contributed by atoms with van der Waals surface area (Å²) < 4.78 is 28.0. The molecule has 0 aliphatic carbocycles. The first-order chi connectivity index (χ1) is 14.4. The van der Waals surface area contributed by atoms with Crippen molar-refractivity contribution in [3.8, 4) is 6.07 Å². The molecule has 0 fully saturated rings. The minimum Gasteiger partial charge on any atom is -0.352 e. The molecule has 9 heteroatoms. The molecule has 31 heavy (non-hydrogen) atoms. The zero-order valence-corrected chi connectivity index (χ0v) is 19.2. The minimum atomic E-state index is -3.74. The molecule has 166 valence electrons. The van der Waals surface area contributed by atoms with Gasteiger partial charge in [-0.2, -0.15) is 5.26 Å². The quantitative estimate of drug-likeness (QED) is 0.602. The highest BCUT2D eigenvalue weighted by molar-refractivity contribution is 7.89. The van der Waals surface area contributed by atoms with Crippen molar-refractivity contribution in [2.75, 3.05) is 0 Å². The van der Waals surface area contributed by atoms with E-state index in [1.165, 1.54) is 6.07 Å². The van der Waals surface area contributed by atoms with Crippen LogP contribution in [0.4, 0.5) is 0 Å². The Morgan fingerprint density at radius 2 is 1.84 bits per heavy atom. The molecule has 0 spiro atoms. The van der Waals surface area contributed by atoms with E-state index >= 15 is 0 Å². The van der Waals surface area contributed by atoms with E-state index in [1.54, 1.807) is 52.8 Å². The number of nitrogens with zero attached hydrogens (tertiary/aromatic N) is 1. The van der Waals surface area contributed by atoms with E-state index in [1.807, 2.05) is 6.07 Å². The SMILES string of the molecule is Cc1[nH]c(=O)c(C#N)c(C)c1CCC(=O)NCc1ccccc1S(=O)(=O)NC(C)(C)C. The van der Waals surface area contributed by atoms with Gasteiger partial charge in [-0.3, -0.25) is 9.59 Å². The van der Waals surface area contributed by atoms with Crippen LogP contribution in [0, 0.1) is 25.2 Å². The first kappa shape index (κ1) is 24.3. The lowest BCUT2D eigenvalue weighted by atomic mass is 9.99. The lowest BCUT2D eigenvalue weighted by Crippen LogP contribution is -2.41. The van der Waals surface area contributed by atoms with Crippen LogP contribution in [-0.4, -0.2) is 24.8 Å². The van der Waals surface area contributed by atoms with Crippen molar-refractivity contribution in [3.05, 3.63) is 62.6 Å². The number of carbonyl (C=O) groups is 1. The fourth-order valence-corrected chi connectivity index (χ4v) is 4.97. The summed E-state index contributed by atoms with van der Waals surface area (Å²) in [5.41, 5.74) is 1.41. The average molecular weight is 445 g/mol. The van der Waals surface area contributed by atoms with Gasteiger partial charge in [0, 0.05) is 24.2 Å². The minimum absolute atomic E-state index is 0.0477. The van der Waals surface area contributed by atoms with Gasteiger partial charge in [-0.25, -0.2) is 13.1 Å². The van der Waals surface area contributed by atoms with Gasteiger partial charge in [0.15, 0.2) is 0 Å². The predicted molar refractivity (Wildman–Crippen MR) is 118 cm³/mol. The van der Waals surface area contributed by atoms with E-state index in [2.05, 4.69) is 15.0 Å². The van der Waals surface area contributed by atoms with Gasteiger partial charge < -0.3 is 10.3 Å². The third-order valence-electron chi connectivity index (χ3n) is 4.70. The molecule has 1 heterocycles. The van der Waals surface area contributed by atoms with Gasteiger partial charge in [0.25, 0.3) is 5.56 Å². The van der Waals surface area contributed by atoms with Crippen LogP contribution in [0.2, 0.25) is 0 Å². The number of aromatic amines is 1. The molecule has 1 amide bonds.